The molecule has 0 aliphatic heterocycles. The van der Waals surface area contributed by atoms with Crippen LogP contribution in [0.1, 0.15) is 10.4 Å². The first kappa shape index (κ1) is 9.33. The first-order chi connectivity index (χ1) is 7.24. The summed E-state index contributed by atoms with van der Waals surface area (Å²) < 4.78 is 0. The molecule has 0 aromatic heterocycles. The van der Waals surface area contributed by atoms with Crippen LogP contribution in [0, 0.1) is 4.91 Å². The van der Waals surface area contributed by atoms with E-state index >= 15 is 0 Å². The third-order valence-corrected chi connectivity index (χ3v) is 2.20. The highest BCUT2D eigenvalue weighted by atomic mass is 16.3. The van der Waals surface area contributed by atoms with E-state index in [1.54, 1.807) is 24.3 Å². The molecule has 0 bridgehead atoms. The minimum absolute atomic E-state index is 0.0388. The van der Waals surface area contributed by atoms with Crippen LogP contribution in [0.5, 0.6) is 5.75 Å². The second-order valence-corrected chi connectivity index (χ2v) is 3.08. The Morgan fingerprint density at radius 3 is 2.60 bits per heavy atom. The molecule has 2 rings (SSSR count). The van der Waals surface area contributed by atoms with E-state index in [2.05, 4.69) is 5.18 Å². The standard InChI is InChI=1S/C11H7NO3/c13-9-6-5-7-3-1-2-4-8(7)10(9)11(14)12-15/h1-6,13H. The zero-order valence-electron chi connectivity index (χ0n) is 7.68. The Kier molecular flexibility index (Phi) is 2.17. The fraction of sp³-hybridized carbons (Fsp3) is 0. The Labute approximate surface area is 85.1 Å². The van der Waals surface area contributed by atoms with E-state index in [0.717, 1.165) is 5.39 Å². The number of nitrogens with zero attached hydrogens (tertiary/aromatic N) is 1. The number of fused-ring (bicyclic) bond motifs is 1. The lowest BCUT2D eigenvalue weighted by atomic mass is 10.0. The van der Waals surface area contributed by atoms with Crippen molar-refractivity contribution in [1.29, 1.82) is 0 Å². The Balaban J connectivity index is 2.85. The summed E-state index contributed by atoms with van der Waals surface area (Å²) in [5.41, 5.74) is -0.0388. The number of hydrogen-bond acceptors (Lipinski definition) is 3. The van der Waals surface area contributed by atoms with Crippen LogP contribution in [0.15, 0.2) is 41.6 Å². The van der Waals surface area contributed by atoms with Gasteiger partial charge in [-0.2, -0.15) is 0 Å². The molecule has 0 saturated carbocycles. The molecule has 0 fully saturated rings. The molecule has 0 atom stereocenters. The second kappa shape index (κ2) is 3.49. The van der Waals surface area contributed by atoms with Gasteiger partial charge >= 0.3 is 5.91 Å². The molecule has 0 saturated heterocycles. The zero-order chi connectivity index (χ0) is 10.8. The van der Waals surface area contributed by atoms with E-state index in [-0.39, 0.29) is 11.3 Å². The molecule has 0 radical (unpaired) electrons. The molecule has 1 N–H and O–H groups in total. The van der Waals surface area contributed by atoms with Crippen LogP contribution >= 0.6 is 0 Å². The van der Waals surface area contributed by atoms with Crippen molar-refractivity contribution in [2.75, 3.05) is 0 Å². The van der Waals surface area contributed by atoms with Crippen molar-refractivity contribution >= 4 is 16.7 Å². The SMILES string of the molecule is O=NC(=O)c1c(O)ccc2ccccc12. The van der Waals surface area contributed by atoms with Gasteiger partial charge in [0, 0.05) is 5.18 Å². The summed E-state index contributed by atoms with van der Waals surface area (Å²) in [6.45, 7) is 0. The van der Waals surface area contributed by atoms with Gasteiger partial charge in [-0.15, -0.1) is 4.91 Å². The van der Waals surface area contributed by atoms with Gasteiger partial charge in [0.1, 0.15) is 5.75 Å². The van der Waals surface area contributed by atoms with Crippen molar-refractivity contribution in [2.24, 2.45) is 5.18 Å². The maximum atomic E-state index is 11.2. The highest BCUT2D eigenvalue weighted by Crippen LogP contribution is 2.27. The Morgan fingerprint density at radius 2 is 1.87 bits per heavy atom. The monoisotopic (exact) mass is 201 g/mol. The molecule has 74 valence electrons. The minimum Gasteiger partial charge on any atom is -0.507 e. The van der Waals surface area contributed by atoms with Crippen LogP contribution in [0.3, 0.4) is 0 Å². The molecule has 2 aromatic carbocycles. The van der Waals surface area contributed by atoms with Gasteiger partial charge in [0.25, 0.3) is 0 Å². The van der Waals surface area contributed by atoms with Crippen LogP contribution in [0.2, 0.25) is 0 Å². The number of hydrogen-bond donors (Lipinski definition) is 1. The van der Waals surface area contributed by atoms with Crippen LogP contribution < -0.4 is 0 Å². The maximum Gasteiger partial charge on any atom is 0.321 e. The van der Waals surface area contributed by atoms with E-state index in [1.165, 1.54) is 6.07 Å². The number of nitroso groups, excluding NO2 is 1. The number of aromatic hydroxyl groups is 1. The van der Waals surface area contributed by atoms with Crippen LogP contribution in [-0.2, 0) is 0 Å². The fourth-order valence-corrected chi connectivity index (χ4v) is 1.53. The Morgan fingerprint density at radius 1 is 1.13 bits per heavy atom. The van der Waals surface area contributed by atoms with Gasteiger partial charge in [0.05, 0.1) is 5.56 Å². The lowest BCUT2D eigenvalue weighted by molar-refractivity contribution is 0.1000. The third kappa shape index (κ3) is 1.46. The topological polar surface area (TPSA) is 66.7 Å². The lowest BCUT2D eigenvalue weighted by Crippen LogP contribution is -1.95. The highest BCUT2D eigenvalue weighted by Gasteiger charge is 2.15. The molecular formula is C11H7NO3. The number of rotatable bonds is 1. The van der Waals surface area contributed by atoms with Gasteiger partial charge in [-0.1, -0.05) is 30.3 Å². The molecule has 2 aromatic rings. The largest absolute Gasteiger partial charge is 0.507 e. The highest BCUT2D eigenvalue weighted by molar-refractivity contribution is 6.09. The predicted molar refractivity (Wildman–Crippen MR) is 55.7 cm³/mol. The van der Waals surface area contributed by atoms with Crippen molar-refractivity contribution < 1.29 is 9.90 Å². The normalized spacial score (nSPS) is 10.1. The van der Waals surface area contributed by atoms with Gasteiger partial charge in [-0.25, -0.2) is 0 Å². The van der Waals surface area contributed by atoms with Gasteiger partial charge in [-0.3, -0.25) is 4.79 Å². The van der Waals surface area contributed by atoms with Gasteiger partial charge in [-0.05, 0) is 16.8 Å². The maximum absolute atomic E-state index is 11.2. The number of carbonyl (C=O) groups is 1. The number of amides is 1. The molecule has 0 unspecified atom stereocenters. The minimum atomic E-state index is -0.954. The summed E-state index contributed by atoms with van der Waals surface area (Å²) in [6.07, 6.45) is 0. The van der Waals surface area contributed by atoms with Crippen molar-refractivity contribution in [2.45, 2.75) is 0 Å². The number of phenolic OH excluding ortho intramolecular Hbond substituents is 1. The second-order valence-electron chi connectivity index (χ2n) is 3.08. The molecule has 0 spiro atoms. The van der Waals surface area contributed by atoms with Crippen LogP contribution in [0.4, 0.5) is 0 Å². The first-order valence-electron chi connectivity index (χ1n) is 4.32. The predicted octanol–water partition coefficient (Wildman–Crippen LogP) is 2.45. The first-order valence-corrected chi connectivity index (χ1v) is 4.32. The van der Waals surface area contributed by atoms with Gasteiger partial charge in [0.15, 0.2) is 0 Å². The van der Waals surface area contributed by atoms with Crippen molar-refractivity contribution in [1.82, 2.24) is 0 Å². The summed E-state index contributed by atoms with van der Waals surface area (Å²) in [7, 11) is 0. The molecule has 4 heteroatoms. The molecule has 4 nitrogen and oxygen atoms in total. The fourth-order valence-electron chi connectivity index (χ4n) is 1.53. The summed E-state index contributed by atoms with van der Waals surface area (Å²) in [6, 6.07) is 10.0. The van der Waals surface area contributed by atoms with E-state index in [9.17, 15) is 14.8 Å². The van der Waals surface area contributed by atoms with E-state index < -0.39 is 5.91 Å². The van der Waals surface area contributed by atoms with Crippen LogP contribution in [0.25, 0.3) is 10.8 Å². The summed E-state index contributed by atoms with van der Waals surface area (Å²) in [4.78, 5) is 21.4. The van der Waals surface area contributed by atoms with Gasteiger partial charge < -0.3 is 5.11 Å². The summed E-state index contributed by atoms with van der Waals surface area (Å²) >= 11 is 0. The molecule has 1 amide bonds. The van der Waals surface area contributed by atoms with E-state index in [0.29, 0.717) is 5.39 Å². The molecular weight excluding hydrogens is 194 g/mol. The Hall–Kier alpha value is -2.23. The van der Waals surface area contributed by atoms with Crippen molar-refractivity contribution in [3.8, 4) is 5.75 Å². The quantitative estimate of drug-likeness (QED) is 0.720. The molecule has 0 aliphatic rings. The zero-order valence-corrected chi connectivity index (χ0v) is 7.68. The summed E-state index contributed by atoms with van der Waals surface area (Å²) in [5, 5.41) is 13.1. The van der Waals surface area contributed by atoms with Crippen molar-refractivity contribution in [3.63, 3.8) is 0 Å². The Bertz CT molecular complexity index is 549. The number of benzene rings is 2. The van der Waals surface area contributed by atoms with Crippen LogP contribution in [-0.4, -0.2) is 11.0 Å². The molecule has 0 heterocycles. The lowest BCUT2D eigenvalue weighted by Gasteiger charge is -2.03. The van der Waals surface area contributed by atoms with Gasteiger partial charge in [0.2, 0.25) is 0 Å². The molecule has 15 heavy (non-hydrogen) atoms. The van der Waals surface area contributed by atoms with Crippen molar-refractivity contribution in [3.05, 3.63) is 46.9 Å². The smallest absolute Gasteiger partial charge is 0.321 e. The summed E-state index contributed by atoms with van der Waals surface area (Å²) in [5.74, 6) is -1.18. The number of phenols is 1. The molecule has 0 aliphatic carbocycles. The average molecular weight is 201 g/mol. The number of carbonyl (C=O) groups excluding carboxylic acids is 1. The average Bonchev–Trinajstić information content (AvgIpc) is 2.28. The van der Waals surface area contributed by atoms with E-state index in [1.807, 2.05) is 6.07 Å². The third-order valence-electron chi connectivity index (χ3n) is 2.20. The van der Waals surface area contributed by atoms with E-state index in [4.69, 9.17) is 0 Å².